The van der Waals surface area contributed by atoms with Gasteiger partial charge in [-0.3, -0.25) is 0 Å². The highest BCUT2D eigenvalue weighted by Crippen LogP contribution is 2.33. The SMILES string of the molecule is C#CCOc1ccc(C=Cc2cc(OCCCCCC)c(C=Cc3ccc(OCC#C)cc3)cc2OCCCCCC)cc1. The fraction of sp³-hybridized carbons (Fsp3) is 0.350. The van der Waals surface area contributed by atoms with Crippen molar-refractivity contribution in [3.8, 4) is 47.7 Å². The monoisotopic (exact) mass is 590 g/mol. The molecule has 0 spiro atoms. The third-order valence-electron chi connectivity index (χ3n) is 6.97. The highest BCUT2D eigenvalue weighted by Gasteiger charge is 2.11. The molecule has 3 aromatic carbocycles. The van der Waals surface area contributed by atoms with Crippen LogP contribution in [-0.2, 0) is 0 Å². The fourth-order valence-electron chi connectivity index (χ4n) is 4.50. The average Bonchev–Trinajstić information content (AvgIpc) is 3.06. The van der Waals surface area contributed by atoms with E-state index < -0.39 is 0 Å². The Balaban J connectivity index is 1.90. The standard InChI is InChI=1S/C40H46O4/c1-5-9-11-13-29-43-39-31-36(22-16-34-19-25-38(26-20-34)42-28-8-4)40(44-30-14-12-10-6-2)32-35(39)21-15-33-17-23-37(24-18-33)41-27-7-3/h3-4,15-26,31-32H,5-6,9-14,27-30H2,1-2H3. The minimum absolute atomic E-state index is 0.252. The van der Waals surface area contributed by atoms with Gasteiger partial charge >= 0.3 is 0 Å². The molecule has 4 nitrogen and oxygen atoms in total. The van der Waals surface area contributed by atoms with Crippen LogP contribution in [0.4, 0.5) is 0 Å². The number of rotatable bonds is 20. The van der Waals surface area contributed by atoms with Crippen LogP contribution < -0.4 is 18.9 Å². The lowest BCUT2D eigenvalue weighted by atomic mass is 10.0. The predicted molar refractivity (Wildman–Crippen MR) is 185 cm³/mol. The van der Waals surface area contributed by atoms with Crippen LogP contribution in [0.2, 0.25) is 0 Å². The van der Waals surface area contributed by atoms with Gasteiger partial charge in [-0.25, -0.2) is 0 Å². The van der Waals surface area contributed by atoms with Crippen molar-refractivity contribution >= 4 is 24.3 Å². The van der Waals surface area contributed by atoms with Crippen molar-refractivity contribution in [2.75, 3.05) is 26.4 Å². The van der Waals surface area contributed by atoms with Gasteiger partial charge in [-0.2, -0.15) is 0 Å². The van der Waals surface area contributed by atoms with Crippen molar-refractivity contribution < 1.29 is 18.9 Å². The minimum Gasteiger partial charge on any atom is -0.493 e. The number of hydrogen-bond acceptors (Lipinski definition) is 4. The third kappa shape index (κ3) is 12.4. The normalized spacial score (nSPS) is 10.9. The Morgan fingerprint density at radius 3 is 1.30 bits per heavy atom. The lowest BCUT2D eigenvalue weighted by Crippen LogP contribution is -2.03. The van der Waals surface area contributed by atoms with Crippen molar-refractivity contribution in [3.63, 3.8) is 0 Å². The molecule has 0 radical (unpaired) electrons. The molecule has 0 saturated carbocycles. The summed E-state index contributed by atoms with van der Waals surface area (Å²) in [5, 5.41) is 0. The molecule has 0 aliphatic heterocycles. The van der Waals surface area contributed by atoms with Crippen LogP contribution in [0.3, 0.4) is 0 Å². The first-order valence-corrected chi connectivity index (χ1v) is 15.8. The first kappa shape index (κ1) is 34.0. The molecule has 230 valence electrons. The van der Waals surface area contributed by atoms with E-state index in [0.29, 0.717) is 13.2 Å². The molecular formula is C40H46O4. The van der Waals surface area contributed by atoms with Crippen molar-refractivity contribution in [3.05, 3.63) is 82.9 Å². The molecule has 3 rings (SSSR count). The zero-order valence-corrected chi connectivity index (χ0v) is 26.4. The number of ether oxygens (including phenoxy) is 4. The van der Waals surface area contributed by atoms with Crippen LogP contribution >= 0.6 is 0 Å². The first-order chi connectivity index (χ1) is 21.7. The number of terminal acetylenes is 2. The van der Waals surface area contributed by atoms with Gasteiger partial charge in [-0.05, 0) is 60.4 Å². The van der Waals surface area contributed by atoms with Crippen LogP contribution in [0.15, 0.2) is 60.7 Å². The Hall–Kier alpha value is -4.54. The molecule has 0 unspecified atom stereocenters. The van der Waals surface area contributed by atoms with Crippen molar-refractivity contribution in [1.82, 2.24) is 0 Å². The molecule has 0 amide bonds. The maximum atomic E-state index is 6.38. The molecule has 3 aromatic rings. The fourth-order valence-corrected chi connectivity index (χ4v) is 4.50. The number of benzene rings is 3. The Morgan fingerprint density at radius 1 is 0.523 bits per heavy atom. The second kappa shape index (κ2) is 20.4. The van der Waals surface area contributed by atoms with E-state index in [9.17, 15) is 0 Å². The van der Waals surface area contributed by atoms with Crippen LogP contribution in [0.25, 0.3) is 24.3 Å². The predicted octanol–water partition coefficient (Wildman–Crippen LogP) is 9.97. The highest BCUT2D eigenvalue weighted by molar-refractivity contribution is 5.79. The summed E-state index contributed by atoms with van der Waals surface area (Å²) in [7, 11) is 0. The van der Waals surface area contributed by atoms with Gasteiger partial charge in [0.15, 0.2) is 0 Å². The molecule has 0 heterocycles. The van der Waals surface area contributed by atoms with E-state index in [0.717, 1.165) is 70.9 Å². The second-order valence-corrected chi connectivity index (χ2v) is 10.5. The number of hydrogen-bond donors (Lipinski definition) is 0. The quantitative estimate of drug-likeness (QED) is 0.0745. The molecule has 0 saturated heterocycles. The summed E-state index contributed by atoms with van der Waals surface area (Å²) in [6, 6.07) is 19.9. The molecule has 0 aliphatic rings. The lowest BCUT2D eigenvalue weighted by Gasteiger charge is -2.15. The Morgan fingerprint density at radius 2 is 0.932 bits per heavy atom. The number of unbranched alkanes of at least 4 members (excludes halogenated alkanes) is 6. The van der Waals surface area contributed by atoms with Crippen LogP contribution in [0.5, 0.6) is 23.0 Å². The van der Waals surface area contributed by atoms with Crippen LogP contribution in [-0.4, -0.2) is 26.4 Å². The van der Waals surface area contributed by atoms with Gasteiger partial charge in [0.05, 0.1) is 13.2 Å². The third-order valence-corrected chi connectivity index (χ3v) is 6.97. The molecule has 44 heavy (non-hydrogen) atoms. The summed E-state index contributed by atoms with van der Waals surface area (Å²) < 4.78 is 23.8. The molecular weight excluding hydrogens is 544 g/mol. The zero-order chi connectivity index (χ0) is 31.2. The maximum absolute atomic E-state index is 6.38. The van der Waals surface area contributed by atoms with Gasteiger partial charge in [0.1, 0.15) is 36.2 Å². The molecule has 0 aromatic heterocycles. The summed E-state index contributed by atoms with van der Waals surface area (Å²) in [4.78, 5) is 0. The zero-order valence-electron chi connectivity index (χ0n) is 26.4. The van der Waals surface area contributed by atoms with E-state index in [2.05, 4.69) is 62.1 Å². The molecule has 0 aliphatic carbocycles. The Bertz CT molecular complexity index is 1280. The summed E-state index contributed by atoms with van der Waals surface area (Å²) in [5.41, 5.74) is 4.05. The first-order valence-electron chi connectivity index (χ1n) is 15.8. The molecule has 4 heteroatoms. The minimum atomic E-state index is 0.252. The van der Waals surface area contributed by atoms with Crippen LogP contribution in [0.1, 0.15) is 87.5 Å². The molecule has 0 atom stereocenters. The van der Waals surface area contributed by atoms with Gasteiger partial charge in [0.25, 0.3) is 0 Å². The summed E-state index contributed by atoms with van der Waals surface area (Å²) >= 11 is 0. The smallest absolute Gasteiger partial charge is 0.148 e. The highest BCUT2D eigenvalue weighted by atomic mass is 16.5. The van der Waals surface area contributed by atoms with Crippen molar-refractivity contribution in [1.29, 1.82) is 0 Å². The lowest BCUT2D eigenvalue weighted by molar-refractivity contribution is 0.296. The summed E-state index contributed by atoms with van der Waals surface area (Å²) in [6.45, 7) is 6.28. The van der Waals surface area contributed by atoms with Crippen LogP contribution in [0, 0.1) is 24.7 Å². The topological polar surface area (TPSA) is 36.9 Å². The van der Waals surface area contributed by atoms with E-state index >= 15 is 0 Å². The summed E-state index contributed by atoms with van der Waals surface area (Å²) in [6.07, 6.45) is 28.1. The van der Waals surface area contributed by atoms with E-state index in [1.54, 1.807) is 0 Å². The average molecular weight is 591 g/mol. The molecule has 0 bridgehead atoms. The van der Waals surface area contributed by atoms with E-state index in [1.165, 1.54) is 25.7 Å². The molecule has 0 fully saturated rings. The largest absolute Gasteiger partial charge is 0.493 e. The van der Waals surface area contributed by atoms with E-state index in [-0.39, 0.29) is 13.2 Å². The van der Waals surface area contributed by atoms with Gasteiger partial charge in [-0.15, -0.1) is 12.8 Å². The summed E-state index contributed by atoms with van der Waals surface area (Å²) in [5.74, 6) is 8.16. The molecule has 0 N–H and O–H groups in total. The van der Waals surface area contributed by atoms with Crippen molar-refractivity contribution in [2.24, 2.45) is 0 Å². The second-order valence-electron chi connectivity index (χ2n) is 10.5. The van der Waals surface area contributed by atoms with Gasteiger partial charge in [0.2, 0.25) is 0 Å². The van der Waals surface area contributed by atoms with Gasteiger partial charge in [-0.1, -0.05) is 113 Å². The Labute approximate surface area is 265 Å². The van der Waals surface area contributed by atoms with E-state index in [1.807, 2.05) is 48.5 Å². The van der Waals surface area contributed by atoms with Gasteiger partial charge < -0.3 is 18.9 Å². The van der Waals surface area contributed by atoms with Gasteiger partial charge in [0, 0.05) is 11.1 Å². The maximum Gasteiger partial charge on any atom is 0.148 e. The Kier molecular flexibility index (Phi) is 15.7. The van der Waals surface area contributed by atoms with Crippen molar-refractivity contribution in [2.45, 2.75) is 65.2 Å². The van der Waals surface area contributed by atoms with E-state index in [4.69, 9.17) is 31.8 Å².